The fourth-order valence-electron chi connectivity index (χ4n) is 3.86. The summed E-state index contributed by atoms with van der Waals surface area (Å²) in [7, 11) is 1.52. The van der Waals surface area contributed by atoms with Gasteiger partial charge in [0.1, 0.15) is 25.1 Å². The highest BCUT2D eigenvalue weighted by molar-refractivity contribution is 6.02. The molecule has 31 heavy (non-hydrogen) atoms. The van der Waals surface area contributed by atoms with Crippen molar-refractivity contribution in [2.24, 2.45) is 10.3 Å². The first-order valence-corrected chi connectivity index (χ1v) is 10.5. The van der Waals surface area contributed by atoms with E-state index in [1.807, 2.05) is 49.4 Å². The van der Waals surface area contributed by atoms with Crippen LogP contribution in [0.3, 0.4) is 0 Å². The van der Waals surface area contributed by atoms with Crippen LogP contribution in [0.2, 0.25) is 0 Å². The van der Waals surface area contributed by atoms with E-state index in [0.717, 1.165) is 77.1 Å². The van der Waals surface area contributed by atoms with Crippen LogP contribution in [-0.2, 0) is 22.5 Å². The van der Waals surface area contributed by atoms with E-state index < -0.39 is 0 Å². The summed E-state index contributed by atoms with van der Waals surface area (Å²) in [5.41, 5.74) is 5.88. The van der Waals surface area contributed by atoms with Crippen molar-refractivity contribution in [3.8, 4) is 0 Å². The molecular weight excluding hydrogens is 392 g/mol. The summed E-state index contributed by atoms with van der Waals surface area (Å²) >= 11 is 0. The third kappa shape index (κ3) is 4.66. The summed E-state index contributed by atoms with van der Waals surface area (Å²) in [6.07, 6.45) is 4.02. The number of aryl methyl sites for hydroxylation is 1. The van der Waals surface area contributed by atoms with Crippen molar-refractivity contribution in [3.05, 3.63) is 75.3 Å². The predicted molar refractivity (Wildman–Crippen MR) is 122 cm³/mol. The Bertz CT molecular complexity index is 1200. The monoisotopic (exact) mass is 418 g/mol. The maximum absolute atomic E-state index is 12.8. The smallest absolute Gasteiger partial charge is 0.193 e. The number of nitrogens with zero attached hydrogens (tertiary/aromatic N) is 3. The van der Waals surface area contributed by atoms with Crippen LogP contribution in [0.5, 0.6) is 0 Å². The van der Waals surface area contributed by atoms with Gasteiger partial charge in [-0.2, -0.15) is 0 Å². The lowest BCUT2D eigenvalue weighted by atomic mass is 9.93. The van der Waals surface area contributed by atoms with Gasteiger partial charge in [0, 0.05) is 22.2 Å². The first-order valence-electron chi connectivity index (χ1n) is 10.5. The van der Waals surface area contributed by atoms with E-state index in [9.17, 15) is 4.79 Å². The van der Waals surface area contributed by atoms with Gasteiger partial charge in [-0.15, -0.1) is 0 Å². The highest BCUT2D eigenvalue weighted by atomic mass is 16.6. The lowest BCUT2D eigenvalue weighted by molar-refractivity contribution is 0.141. The summed E-state index contributed by atoms with van der Waals surface area (Å²) < 4.78 is 0. The Morgan fingerprint density at radius 2 is 2.03 bits per heavy atom. The van der Waals surface area contributed by atoms with Crippen molar-refractivity contribution >= 4 is 22.3 Å². The average Bonchev–Trinajstić information content (AvgIpc) is 2.80. The van der Waals surface area contributed by atoms with Crippen LogP contribution in [-0.4, -0.2) is 35.1 Å². The number of hydrogen-bond donors (Lipinski definition) is 1. The van der Waals surface area contributed by atoms with Gasteiger partial charge in [0.15, 0.2) is 5.43 Å². The molecule has 0 unspecified atom stereocenters. The van der Waals surface area contributed by atoms with E-state index in [-0.39, 0.29) is 5.43 Å². The fourth-order valence-corrected chi connectivity index (χ4v) is 3.86. The van der Waals surface area contributed by atoms with Crippen molar-refractivity contribution in [1.82, 2.24) is 9.97 Å². The standard InChI is InChI=1S/C24H26N4O3/c1-16(27-30-2)20-13-5-8-17(25-20)9-7-15-31-28-22-14-6-11-19-23(22)26-21-12-4-3-10-18(21)24(19)29/h3-5,8,10,12-13H,6-7,9,11,14-15H2,1-2H3,(H,26,29). The molecule has 3 aromatic rings. The quantitative estimate of drug-likeness (QED) is 0.357. The third-order valence-electron chi connectivity index (χ3n) is 5.39. The molecule has 160 valence electrons. The van der Waals surface area contributed by atoms with Crippen LogP contribution in [0.1, 0.15) is 48.8 Å². The molecule has 0 saturated carbocycles. The Balaban J connectivity index is 1.41. The summed E-state index contributed by atoms with van der Waals surface area (Å²) in [5, 5.41) is 9.02. The number of oxime groups is 2. The molecule has 7 nitrogen and oxygen atoms in total. The van der Waals surface area contributed by atoms with Crippen molar-refractivity contribution in [2.45, 2.75) is 39.0 Å². The Morgan fingerprint density at radius 3 is 2.90 bits per heavy atom. The van der Waals surface area contributed by atoms with Gasteiger partial charge in [0.25, 0.3) is 0 Å². The fraction of sp³-hybridized carbons (Fsp3) is 0.333. The van der Waals surface area contributed by atoms with Crippen molar-refractivity contribution < 1.29 is 9.68 Å². The maximum atomic E-state index is 12.8. The number of pyridine rings is 2. The van der Waals surface area contributed by atoms with Gasteiger partial charge >= 0.3 is 0 Å². The molecule has 0 amide bonds. The van der Waals surface area contributed by atoms with Gasteiger partial charge in [-0.05, 0) is 63.3 Å². The molecule has 0 radical (unpaired) electrons. The number of nitrogens with one attached hydrogen (secondary N) is 1. The third-order valence-corrected chi connectivity index (χ3v) is 5.39. The maximum Gasteiger partial charge on any atom is 0.193 e. The number of H-pyrrole nitrogens is 1. The van der Waals surface area contributed by atoms with E-state index in [4.69, 9.17) is 9.68 Å². The molecule has 0 aliphatic heterocycles. The van der Waals surface area contributed by atoms with Gasteiger partial charge in [-0.25, -0.2) is 0 Å². The highest BCUT2D eigenvalue weighted by Crippen LogP contribution is 2.21. The molecule has 0 bridgehead atoms. The first kappa shape index (κ1) is 20.8. The second-order valence-corrected chi connectivity index (χ2v) is 7.56. The molecule has 1 aliphatic carbocycles. The molecule has 0 fully saturated rings. The van der Waals surface area contributed by atoms with E-state index in [1.54, 1.807) is 0 Å². The zero-order valence-corrected chi connectivity index (χ0v) is 17.9. The first-order chi connectivity index (χ1) is 15.2. The molecule has 1 N–H and O–H groups in total. The minimum absolute atomic E-state index is 0.0926. The van der Waals surface area contributed by atoms with Crippen molar-refractivity contribution in [2.75, 3.05) is 13.7 Å². The number of hydrogen-bond acceptors (Lipinski definition) is 6. The van der Waals surface area contributed by atoms with E-state index in [1.165, 1.54) is 7.11 Å². The van der Waals surface area contributed by atoms with Crippen LogP contribution in [0.25, 0.3) is 10.9 Å². The number of benzene rings is 1. The Kier molecular flexibility index (Phi) is 6.40. The number of rotatable bonds is 7. The molecule has 1 aliphatic rings. The predicted octanol–water partition coefficient (Wildman–Crippen LogP) is 3.98. The number of para-hydroxylation sites is 1. The Morgan fingerprint density at radius 1 is 1.16 bits per heavy atom. The summed E-state index contributed by atoms with van der Waals surface area (Å²) in [4.78, 5) is 31.3. The van der Waals surface area contributed by atoms with Crippen LogP contribution in [0.4, 0.5) is 0 Å². The van der Waals surface area contributed by atoms with E-state index >= 15 is 0 Å². The molecule has 2 heterocycles. The minimum atomic E-state index is 0.0926. The van der Waals surface area contributed by atoms with Crippen LogP contribution in [0.15, 0.2) is 57.6 Å². The Hall–Kier alpha value is -3.48. The normalized spacial score (nSPS) is 15.2. The molecule has 7 heteroatoms. The molecule has 0 atom stereocenters. The summed E-state index contributed by atoms with van der Waals surface area (Å²) in [6, 6.07) is 13.5. The number of aromatic nitrogens is 2. The van der Waals surface area contributed by atoms with Crippen LogP contribution in [0, 0.1) is 0 Å². The van der Waals surface area contributed by atoms with Crippen molar-refractivity contribution in [1.29, 1.82) is 0 Å². The van der Waals surface area contributed by atoms with Gasteiger partial charge in [0.05, 0.1) is 11.4 Å². The van der Waals surface area contributed by atoms with E-state index in [2.05, 4.69) is 20.3 Å². The summed E-state index contributed by atoms with van der Waals surface area (Å²) in [5.74, 6) is 0. The molecule has 0 saturated heterocycles. The Labute approximate surface area is 180 Å². The van der Waals surface area contributed by atoms with Gasteiger partial charge < -0.3 is 14.7 Å². The molecule has 4 rings (SSSR count). The number of aromatic amines is 1. The second kappa shape index (κ2) is 9.55. The average molecular weight is 418 g/mol. The molecule has 1 aromatic carbocycles. The van der Waals surface area contributed by atoms with Gasteiger partial charge in [0.2, 0.25) is 0 Å². The zero-order chi connectivity index (χ0) is 21.6. The molecule has 0 spiro atoms. The largest absolute Gasteiger partial charge is 0.399 e. The molecule has 2 aromatic heterocycles. The molecular formula is C24H26N4O3. The van der Waals surface area contributed by atoms with Gasteiger partial charge in [-0.3, -0.25) is 9.78 Å². The minimum Gasteiger partial charge on any atom is -0.399 e. The summed E-state index contributed by atoms with van der Waals surface area (Å²) in [6.45, 7) is 2.35. The van der Waals surface area contributed by atoms with E-state index in [0.29, 0.717) is 6.61 Å². The van der Waals surface area contributed by atoms with Crippen molar-refractivity contribution in [3.63, 3.8) is 0 Å². The van der Waals surface area contributed by atoms with Crippen LogP contribution >= 0.6 is 0 Å². The lowest BCUT2D eigenvalue weighted by Gasteiger charge is -2.17. The zero-order valence-electron chi connectivity index (χ0n) is 17.9. The lowest BCUT2D eigenvalue weighted by Crippen LogP contribution is -2.23. The van der Waals surface area contributed by atoms with Gasteiger partial charge in [-0.1, -0.05) is 28.5 Å². The van der Waals surface area contributed by atoms with Crippen LogP contribution < -0.4 is 5.43 Å². The second-order valence-electron chi connectivity index (χ2n) is 7.56. The SMILES string of the molecule is CON=C(C)c1cccc(CCCON=C2CCCc3c2[nH]c2ccccc2c3=O)n1. The highest BCUT2D eigenvalue weighted by Gasteiger charge is 2.21. The number of fused-ring (bicyclic) bond motifs is 2. The topological polar surface area (TPSA) is 88.9 Å².